The number of nitrogens with one attached hydrogen (secondary N) is 1. The highest BCUT2D eigenvalue weighted by Gasteiger charge is 2.45. The van der Waals surface area contributed by atoms with E-state index in [1.807, 2.05) is 4.90 Å². The number of fused-ring (bicyclic) bond motifs is 2. The molecule has 3 unspecified atom stereocenters. The maximum Gasteiger partial charge on any atom is 0.228 e. The van der Waals surface area contributed by atoms with E-state index >= 15 is 0 Å². The van der Waals surface area contributed by atoms with Gasteiger partial charge in [0, 0.05) is 37.6 Å². The van der Waals surface area contributed by atoms with Crippen LogP contribution in [-0.2, 0) is 9.59 Å². The number of hydrogen-bond donors (Lipinski definition) is 1. The number of carbonyl (C=O) groups excluding carboxylic acids is 2. The van der Waals surface area contributed by atoms with Gasteiger partial charge < -0.3 is 15.1 Å². The third kappa shape index (κ3) is 3.10. The Balaban J connectivity index is 0.00000156. The minimum atomic E-state index is -0.0886. The van der Waals surface area contributed by atoms with Crippen molar-refractivity contribution >= 4 is 24.2 Å². The van der Waals surface area contributed by atoms with Gasteiger partial charge in [0.15, 0.2) is 0 Å². The van der Waals surface area contributed by atoms with E-state index in [-0.39, 0.29) is 30.1 Å². The zero-order valence-corrected chi connectivity index (χ0v) is 14.5. The van der Waals surface area contributed by atoms with Crippen molar-refractivity contribution in [2.45, 2.75) is 69.5 Å². The quantitative estimate of drug-likeness (QED) is 0.829. The lowest BCUT2D eigenvalue weighted by atomic mass is 10.1. The van der Waals surface area contributed by atoms with E-state index in [1.54, 1.807) is 0 Å². The highest BCUT2D eigenvalue weighted by molar-refractivity contribution is 5.90. The molecule has 3 heterocycles. The van der Waals surface area contributed by atoms with E-state index in [1.165, 1.54) is 12.8 Å². The van der Waals surface area contributed by atoms with Crippen LogP contribution in [-0.4, -0.2) is 59.4 Å². The summed E-state index contributed by atoms with van der Waals surface area (Å²) in [5, 5.41) is 3.45. The second-order valence-electron chi connectivity index (χ2n) is 7.51. The molecule has 2 amide bonds. The van der Waals surface area contributed by atoms with Gasteiger partial charge in [-0.2, -0.15) is 0 Å². The predicted molar refractivity (Wildman–Crippen MR) is 90.5 cm³/mol. The van der Waals surface area contributed by atoms with Crippen LogP contribution in [0.5, 0.6) is 0 Å². The molecule has 3 atom stereocenters. The SMILES string of the molecule is Cl.O=C1CC(C(=O)N2C3CCNCC2CC3)CN1C1CCCC1. The zero-order valence-electron chi connectivity index (χ0n) is 13.7. The number of amides is 2. The van der Waals surface area contributed by atoms with Crippen LogP contribution in [0.25, 0.3) is 0 Å². The monoisotopic (exact) mass is 341 g/mol. The highest BCUT2D eigenvalue weighted by atomic mass is 35.5. The molecular formula is C17H28ClN3O2. The molecule has 0 aromatic carbocycles. The van der Waals surface area contributed by atoms with E-state index < -0.39 is 0 Å². The molecule has 0 spiro atoms. The van der Waals surface area contributed by atoms with Crippen molar-refractivity contribution in [3.8, 4) is 0 Å². The Labute approximate surface area is 144 Å². The molecule has 0 aromatic rings. The van der Waals surface area contributed by atoms with Gasteiger partial charge in [-0.25, -0.2) is 0 Å². The van der Waals surface area contributed by atoms with Crippen LogP contribution < -0.4 is 5.32 Å². The summed E-state index contributed by atoms with van der Waals surface area (Å²) < 4.78 is 0. The average molecular weight is 342 g/mol. The van der Waals surface area contributed by atoms with Crippen molar-refractivity contribution in [3.05, 3.63) is 0 Å². The summed E-state index contributed by atoms with van der Waals surface area (Å²) in [5.74, 6) is 0.380. The Morgan fingerprint density at radius 1 is 1.00 bits per heavy atom. The van der Waals surface area contributed by atoms with Gasteiger partial charge in [0.2, 0.25) is 11.8 Å². The molecular weight excluding hydrogens is 314 g/mol. The van der Waals surface area contributed by atoms with Gasteiger partial charge in [-0.3, -0.25) is 9.59 Å². The normalized spacial score (nSPS) is 34.6. The first kappa shape index (κ1) is 17.0. The van der Waals surface area contributed by atoms with Crippen molar-refractivity contribution in [3.63, 3.8) is 0 Å². The molecule has 3 aliphatic heterocycles. The molecule has 6 heteroatoms. The van der Waals surface area contributed by atoms with Crippen molar-refractivity contribution in [2.75, 3.05) is 19.6 Å². The molecule has 4 rings (SSSR count). The topological polar surface area (TPSA) is 52.7 Å². The molecule has 3 saturated heterocycles. The van der Waals surface area contributed by atoms with Crippen LogP contribution in [0.4, 0.5) is 0 Å². The van der Waals surface area contributed by atoms with Crippen molar-refractivity contribution in [2.24, 2.45) is 5.92 Å². The van der Waals surface area contributed by atoms with Gasteiger partial charge in [-0.15, -0.1) is 12.4 Å². The predicted octanol–water partition coefficient (Wildman–Crippen LogP) is 1.55. The number of halogens is 1. The fourth-order valence-corrected chi connectivity index (χ4v) is 5.02. The molecule has 0 aromatic heterocycles. The Morgan fingerprint density at radius 3 is 2.52 bits per heavy atom. The Kier molecular flexibility index (Phi) is 5.16. The van der Waals surface area contributed by atoms with E-state index in [0.717, 1.165) is 45.2 Å². The minimum Gasteiger partial charge on any atom is -0.339 e. The summed E-state index contributed by atoms with van der Waals surface area (Å²) >= 11 is 0. The van der Waals surface area contributed by atoms with Gasteiger partial charge in [-0.1, -0.05) is 12.8 Å². The fraction of sp³-hybridized carbons (Fsp3) is 0.882. The first-order chi connectivity index (χ1) is 10.7. The van der Waals surface area contributed by atoms with Gasteiger partial charge in [0.1, 0.15) is 0 Å². The van der Waals surface area contributed by atoms with Crippen LogP contribution in [0, 0.1) is 5.92 Å². The summed E-state index contributed by atoms with van der Waals surface area (Å²) in [7, 11) is 0. The van der Waals surface area contributed by atoms with Crippen LogP contribution in [0.1, 0.15) is 51.4 Å². The highest BCUT2D eigenvalue weighted by Crippen LogP contribution is 2.34. The largest absolute Gasteiger partial charge is 0.339 e. The van der Waals surface area contributed by atoms with Crippen LogP contribution in [0.3, 0.4) is 0 Å². The lowest BCUT2D eigenvalue weighted by Gasteiger charge is -2.31. The molecule has 0 radical (unpaired) electrons. The molecule has 4 fully saturated rings. The Hall–Kier alpha value is -0.810. The smallest absolute Gasteiger partial charge is 0.228 e. The second kappa shape index (κ2) is 6.98. The molecule has 2 bridgehead atoms. The van der Waals surface area contributed by atoms with Gasteiger partial charge in [-0.05, 0) is 38.6 Å². The van der Waals surface area contributed by atoms with Gasteiger partial charge in [0.25, 0.3) is 0 Å². The minimum absolute atomic E-state index is 0. The average Bonchev–Trinajstić information content (AvgIpc) is 3.16. The summed E-state index contributed by atoms with van der Waals surface area (Å²) in [5.41, 5.74) is 0. The second-order valence-corrected chi connectivity index (χ2v) is 7.51. The summed E-state index contributed by atoms with van der Waals surface area (Å²) in [4.78, 5) is 29.6. The maximum atomic E-state index is 13.0. The first-order valence-corrected chi connectivity index (χ1v) is 9.06. The van der Waals surface area contributed by atoms with Crippen molar-refractivity contribution in [1.82, 2.24) is 15.1 Å². The lowest BCUT2D eigenvalue weighted by Crippen LogP contribution is -2.46. The van der Waals surface area contributed by atoms with Crippen LogP contribution in [0.2, 0.25) is 0 Å². The Bertz CT molecular complexity index is 453. The summed E-state index contributed by atoms with van der Waals surface area (Å²) in [6, 6.07) is 1.17. The third-order valence-corrected chi connectivity index (χ3v) is 6.18. The molecule has 1 aliphatic carbocycles. The van der Waals surface area contributed by atoms with E-state index in [2.05, 4.69) is 10.2 Å². The van der Waals surface area contributed by atoms with E-state index in [0.29, 0.717) is 31.1 Å². The van der Waals surface area contributed by atoms with E-state index in [4.69, 9.17) is 0 Å². The first-order valence-electron chi connectivity index (χ1n) is 9.06. The summed E-state index contributed by atoms with van der Waals surface area (Å²) in [6.45, 7) is 2.61. The fourth-order valence-electron chi connectivity index (χ4n) is 5.02. The number of likely N-dealkylation sites (tertiary alicyclic amines) is 1. The maximum absolute atomic E-state index is 13.0. The third-order valence-electron chi connectivity index (χ3n) is 6.18. The Morgan fingerprint density at radius 2 is 1.74 bits per heavy atom. The van der Waals surface area contributed by atoms with Crippen LogP contribution >= 0.6 is 12.4 Å². The molecule has 4 aliphatic rings. The number of rotatable bonds is 2. The van der Waals surface area contributed by atoms with Crippen molar-refractivity contribution < 1.29 is 9.59 Å². The molecule has 23 heavy (non-hydrogen) atoms. The standard InChI is InChI=1S/C17H27N3O2.ClH/c21-16-9-12(11-19(16)13-3-1-2-4-13)17(22)20-14-5-6-15(20)10-18-8-7-14;/h12-15,18H,1-11H2;1H. The van der Waals surface area contributed by atoms with Crippen LogP contribution in [0.15, 0.2) is 0 Å². The number of nitrogens with zero attached hydrogens (tertiary/aromatic N) is 2. The lowest BCUT2D eigenvalue weighted by molar-refractivity contribution is -0.138. The van der Waals surface area contributed by atoms with Gasteiger partial charge in [0.05, 0.1) is 5.92 Å². The summed E-state index contributed by atoms with van der Waals surface area (Å²) in [6.07, 6.45) is 8.50. The molecule has 130 valence electrons. The van der Waals surface area contributed by atoms with E-state index in [9.17, 15) is 9.59 Å². The number of hydrogen-bond acceptors (Lipinski definition) is 3. The molecule has 5 nitrogen and oxygen atoms in total. The molecule has 1 saturated carbocycles. The zero-order chi connectivity index (χ0) is 15.1. The van der Waals surface area contributed by atoms with Crippen molar-refractivity contribution in [1.29, 1.82) is 0 Å². The number of carbonyl (C=O) groups is 2. The molecule has 1 N–H and O–H groups in total. The van der Waals surface area contributed by atoms with Gasteiger partial charge >= 0.3 is 0 Å².